The van der Waals surface area contributed by atoms with Crippen LogP contribution in [0, 0.1) is 0 Å². The van der Waals surface area contributed by atoms with Gasteiger partial charge in [0.1, 0.15) is 5.78 Å². The van der Waals surface area contributed by atoms with Gasteiger partial charge in [0.05, 0.1) is 6.04 Å². The van der Waals surface area contributed by atoms with E-state index in [0.29, 0.717) is 0 Å². The zero-order chi connectivity index (χ0) is 6.57. The van der Waals surface area contributed by atoms with Crippen LogP contribution in [0.1, 0.15) is 26.7 Å². The van der Waals surface area contributed by atoms with E-state index in [1.807, 2.05) is 6.92 Å². The highest BCUT2D eigenvalue weighted by atomic mass is 16.1. The van der Waals surface area contributed by atoms with E-state index in [1.54, 1.807) is 0 Å². The number of rotatable bonds is 3. The van der Waals surface area contributed by atoms with Crippen LogP contribution in [0.3, 0.4) is 0 Å². The summed E-state index contributed by atoms with van der Waals surface area (Å²) in [5.74, 6) is 0.0897. The fourth-order valence-electron chi connectivity index (χ4n) is 0.514. The third-order valence-corrected chi connectivity index (χ3v) is 1.12. The second-order valence-electron chi connectivity index (χ2n) is 2.01. The Kier molecular flexibility index (Phi) is 3.44. The molecule has 0 saturated carbocycles. The highest BCUT2D eigenvalue weighted by molar-refractivity contribution is 5.80. The normalized spacial score (nSPS) is 13.4. The molecular formula is C6H13NO. The molecule has 0 unspecified atom stereocenters. The Bertz CT molecular complexity index is 80.6. The lowest BCUT2D eigenvalue weighted by Gasteiger charge is -2.02. The van der Waals surface area contributed by atoms with Crippen molar-refractivity contribution in [3.05, 3.63) is 0 Å². The quantitative estimate of drug-likeness (QED) is 0.588. The lowest BCUT2D eigenvalue weighted by atomic mass is 10.1. The van der Waals surface area contributed by atoms with E-state index in [9.17, 15) is 4.79 Å². The van der Waals surface area contributed by atoms with Crippen LogP contribution < -0.4 is 5.73 Å². The molecule has 2 N–H and O–H groups in total. The Hall–Kier alpha value is -0.370. The maximum absolute atomic E-state index is 10.4. The Morgan fingerprint density at radius 2 is 2.25 bits per heavy atom. The molecule has 1 atom stereocenters. The number of Topliss-reactive ketones (excluding diaryl/α,β-unsaturated/α-hetero) is 1. The highest BCUT2D eigenvalue weighted by Gasteiger charge is 2.03. The van der Waals surface area contributed by atoms with E-state index in [1.165, 1.54) is 6.92 Å². The Labute approximate surface area is 50.1 Å². The van der Waals surface area contributed by atoms with Gasteiger partial charge in [0.15, 0.2) is 0 Å². The molecule has 0 spiro atoms. The van der Waals surface area contributed by atoms with Crippen molar-refractivity contribution in [2.75, 3.05) is 0 Å². The van der Waals surface area contributed by atoms with Crippen LogP contribution >= 0.6 is 0 Å². The first-order chi connectivity index (χ1) is 3.68. The number of hydrogen-bond acceptors (Lipinski definition) is 2. The first-order valence-electron chi connectivity index (χ1n) is 2.94. The van der Waals surface area contributed by atoms with Crippen LogP contribution in [0.2, 0.25) is 0 Å². The average Bonchev–Trinajstić information content (AvgIpc) is 1.67. The summed E-state index contributed by atoms with van der Waals surface area (Å²) in [6, 6.07) is -0.222. The predicted molar refractivity (Wildman–Crippen MR) is 33.6 cm³/mol. The summed E-state index contributed by atoms with van der Waals surface area (Å²) in [7, 11) is 0. The van der Waals surface area contributed by atoms with Gasteiger partial charge in [-0.05, 0) is 13.3 Å². The van der Waals surface area contributed by atoms with E-state index in [4.69, 9.17) is 5.73 Å². The maximum Gasteiger partial charge on any atom is 0.146 e. The zero-order valence-electron chi connectivity index (χ0n) is 5.48. The molecule has 48 valence electrons. The molecule has 0 radical (unpaired) electrons. The lowest BCUT2D eigenvalue weighted by molar-refractivity contribution is -0.118. The largest absolute Gasteiger partial charge is 0.322 e. The van der Waals surface area contributed by atoms with Crippen LogP contribution in [-0.4, -0.2) is 11.8 Å². The summed E-state index contributed by atoms with van der Waals surface area (Å²) >= 11 is 0. The van der Waals surface area contributed by atoms with Crippen molar-refractivity contribution >= 4 is 5.78 Å². The van der Waals surface area contributed by atoms with Crippen molar-refractivity contribution in [2.45, 2.75) is 32.7 Å². The Morgan fingerprint density at radius 1 is 1.75 bits per heavy atom. The summed E-state index contributed by atoms with van der Waals surface area (Å²) in [5, 5.41) is 0. The van der Waals surface area contributed by atoms with Crippen LogP contribution in [-0.2, 0) is 4.79 Å². The van der Waals surface area contributed by atoms with Crippen molar-refractivity contribution in [2.24, 2.45) is 5.73 Å². The molecule has 0 amide bonds. The SMILES string of the molecule is CCC[C@H](N)C(C)=O. The van der Waals surface area contributed by atoms with Crippen LogP contribution in [0.15, 0.2) is 0 Å². The topological polar surface area (TPSA) is 43.1 Å². The zero-order valence-corrected chi connectivity index (χ0v) is 5.48. The third-order valence-electron chi connectivity index (χ3n) is 1.12. The molecule has 0 fully saturated rings. The smallest absolute Gasteiger partial charge is 0.146 e. The van der Waals surface area contributed by atoms with E-state index >= 15 is 0 Å². The minimum absolute atomic E-state index is 0.0897. The molecule has 0 aromatic carbocycles. The molecule has 0 bridgehead atoms. The third kappa shape index (κ3) is 2.75. The predicted octanol–water partition coefficient (Wildman–Crippen LogP) is 0.703. The monoisotopic (exact) mass is 115 g/mol. The van der Waals surface area contributed by atoms with Crippen LogP contribution in [0.4, 0.5) is 0 Å². The minimum atomic E-state index is -0.222. The molecule has 0 aliphatic carbocycles. The summed E-state index contributed by atoms with van der Waals surface area (Å²) in [4.78, 5) is 10.4. The first kappa shape index (κ1) is 7.63. The molecule has 0 rings (SSSR count). The average molecular weight is 115 g/mol. The van der Waals surface area contributed by atoms with Crippen molar-refractivity contribution in [1.29, 1.82) is 0 Å². The van der Waals surface area contributed by atoms with E-state index in [-0.39, 0.29) is 11.8 Å². The standard InChI is InChI=1S/C6H13NO/c1-3-4-6(7)5(2)8/h6H,3-4,7H2,1-2H3/t6-/m0/s1. The van der Waals surface area contributed by atoms with Crippen LogP contribution in [0.5, 0.6) is 0 Å². The lowest BCUT2D eigenvalue weighted by Crippen LogP contribution is -2.27. The van der Waals surface area contributed by atoms with Gasteiger partial charge in [-0.15, -0.1) is 0 Å². The summed E-state index contributed by atoms with van der Waals surface area (Å²) in [6.45, 7) is 3.54. The van der Waals surface area contributed by atoms with Gasteiger partial charge in [-0.3, -0.25) is 4.79 Å². The Balaban J connectivity index is 3.32. The molecule has 0 heterocycles. The van der Waals surface area contributed by atoms with Crippen molar-refractivity contribution in [1.82, 2.24) is 0 Å². The van der Waals surface area contributed by atoms with E-state index in [0.717, 1.165) is 12.8 Å². The molecule has 8 heavy (non-hydrogen) atoms. The number of ketones is 1. The minimum Gasteiger partial charge on any atom is -0.322 e. The Morgan fingerprint density at radius 3 is 2.38 bits per heavy atom. The van der Waals surface area contributed by atoms with Gasteiger partial charge in [-0.2, -0.15) is 0 Å². The fourth-order valence-corrected chi connectivity index (χ4v) is 0.514. The molecular weight excluding hydrogens is 102 g/mol. The van der Waals surface area contributed by atoms with Crippen molar-refractivity contribution < 1.29 is 4.79 Å². The second kappa shape index (κ2) is 3.61. The number of nitrogens with two attached hydrogens (primary N) is 1. The number of hydrogen-bond donors (Lipinski definition) is 1. The maximum atomic E-state index is 10.4. The molecule has 0 aliphatic rings. The molecule has 2 nitrogen and oxygen atoms in total. The van der Waals surface area contributed by atoms with Gasteiger partial charge in [0, 0.05) is 0 Å². The molecule has 0 aromatic rings. The second-order valence-corrected chi connectivity index (χ2v) is 2.01. The molecule has 0 aromatic heterocycles. The summed E-state index contributed by atoms with van der Waals surface area (Å²) in [5.41, 5.74) is 5.38. The molecule has 0 aliphatic heterocycles. The van der Waals surface area contributed by atoms with Crippen LogP contribution in [0.25, 0.3) is 0 Å². The van der Waals surface area contributed by atoms with Gasteiger partial charge in [-0.25, -0.2) is 0 Å². The van der Waals surface area contributed by atoms with Crippen molar-refractivity contribution in [3.63, 3.8) is 0 Å². The van der Waals surface area contributed by atoms with Gasteiger partial charge in [0.25, 0.3) is 0 Å². The molecule has 0 saturated heterocycles. The summed E-state index contributed by atoms with van der Waals surface area (Å²) < 4.78 is 0. The summed E-state index contributed by atoms with van der Waals surface area (Å²) in [6.07, 6.45) is 1.80. The van der Waals surface area contributed by atoms with Crippen molar-refractivity contribution in [3.8, 4) is 0 Å². The van der Waals surface area contributed by atoms with Gasteiger partial charge >= 0.3 is 0 Å². The van der Waals surface area contributed by atoms with Gasteiger partial charge in [-0.1, -0.05) is 13.3 Å². The van der Waals surface area contributed by atoms with E-state index < -0.39 is 0 Å². The fraction of sp³-hybridized carbons (Fsp3) is 0.833. The molecule has 2 heteroatoms. The number of carbonyl (C=O) groups is 1. The highest BCUT2D eigenvalue weighted by Crippen LogP contribution is 1.92. The number of carbonyl (C=O) groups excluding carboxylic acids is 1. The van der Waals surface area contributed by atoms with Gasteiger partial charge in [0.2, 0.25) is 0 Å². The van der Waals surface area contributed by atoms with Gasteiger partial charge < -0.3 is 5.73 Å². The van der Waals surface area contributed by atoms with E-state index in [2.05, 4.69) is 0 Å². The first-order valence-corrected chi connectivity index (χ1v) is 2.94.